The van der Waals surface area contributed by atoms with Crippen molar-refractivity contribution in [3.05, 3.63) is 24.3 Å². The van der Waals surface area contributed by atoms with Gasteiger partial charge in [0.2, 0.25) is 0 Å². The second-order valence-electron chi connectivity index (χ2n) is 5.19. The number of carbonyl (C=O) groups excluding carboxylic acids is 1. The van der Waals surface area contributed by atoms with Crippen molar-refractivity contribution in [2.45, 2.75) is 31.7 Å². The van der Waals surface area contributed by atoms with Gasteiger partial charge >= 0.3 is 12.0 Å². The molecule has 0 saturated heterocycles. The van der Waals surface area contributed by atoms with Crippen molar-refractivity contribution in [1.82, 2.24) is 4.90 Å². The Hall–Kier alpha value is -2.24. The second-order valence-corrected chi connectivity index (χ2v) is 5.19. The number of carbonyl (C=O) groups is 2. The first-order chi connectivity index (χ1) is 10.1. The molecule has 1 aliphatic rings. The van der Waals surface area contributed by atoms with Gasteiger partial charge in [0.25, 0.3) is 0 Å². The highest BCUT2D eigenvalue weighted by Crippen LogP contribution is 2.23. The first kappa shape index (κ1) is 15.2. The van der Waals surface area contributed by atoms with Crippen molar-refractivity contribution in [3.63, 3.8) is 0 Å². The zero-order valence-corrected chi connectivity index (χ0v) is 12.0. The SMILES string of the molecule is CN(C(=O)Nc1ccc(OCC(=O)O)cc1)C1CCCC1. The first-order valence-electron chi connectivity index (χ1n) is 7.05. The molecule has 0 radical (unpaired) electrons. The lowest BCUT2D eigenvalue weighted by Gasteiger charge is -2.24. The Bertz CT molecular complexity index is 495. The maximum absolute atomic E-state index is 12.1. The molecule has 1 fully saturated rings. The van der Waals surface area contributed by atoms with Crippen LogP contribution in [-0.2, 0) is 4.79 Å². The summed E-state index contributed by atoms with van der Waals surface area (Å²) in [6.07, 6.45) is 4.48. The molecule has 0 aliphatic heterocycles. The topological polar surface area (TPSA) is 78.9 Å². The standard InChI is InChI=1S/C15H20N2O4/c1-17(12-4-2-3-5-12)15(20)16-11-6-8-13(9-7-11)21-10-14(18)19/h6-9,12H,2-5,10H2,1H3,(H,16,20)(H,18,19). The van der Waals surface area contributed by atoms with Crippen molar-refractivity contribution in [2.24, 2.45) is 0 Å². The molecule has 2 amide bonds. The Morgan fingerprint density at radius 3 is 2.48 bits per heavy atom. The van der Waals surface area contributed by atoms with E-state index in [0.717, 1.165) is 12.8 Å². The van der Waals surface area contributed by atoms with Crippen molar-refractivity contribution in [1.29, 1.82) is 0 Å². The molecular formula is C15H20N2O4. The average Bonchev–Trinajstić information content (AvgIpc) is 2.99. The van der Waals surface area contributed by atoms with Gasteiger partial charge in [-0.1, -0.05) is 12.8 Å². The van der Waals surface area contributed by atoms with Gasteiger partial charge in [0, 0.05) is 18.8 Å². The molecule has 0 atom stereocenters. The van der Waals surface area contributed by atoms with Crippen LogP contribution < -0.4 is 10.1 Å². The van der Waals surface area contributed by atoms with Crippen molar-refractivity contribution in [2.75, 3.05) is 19.0 Å². The lowest BCUT2D eigenvalue weighted by molar-refractivity contribution is -0.139. The predicted molar refractivity (Wildman–Crippen MR) is 78.6 cm³/mol. The number of urea groups is 1. The van der Waals surface area contributed by atoms with Gasteiger partial charge in [-0.3, -0.25) is 0 Å². The van der Waals surface area contributed by atoms with Crippen LogP contribution in [0.25, 0.3) is 0 Å². The maximum Gasteiger partial charge on any atom is 0.341 e. The molecule has 1 saturated carbocycles. The van der Waals surface area contributed by atoms with Crippen LogP contribution in [0.3, 0.4) is 0 Å². The van der Waals surface area contributed by atoms with E-state index in [4.69, 9.17) is 9.84 Å². The number of nitrogens with zero attached hydrogens (tertiary/aromatic N) is 1. The number of hydrogen-bond acceptors (Lipinski definition) is 3. The molecule has 6 heteroatoms. The summed E-state index contributed by atoms with van der Waals surface area (Å²) in [5, 5.41) is 11.4. The van der Waals surface area contributed by atoms with E-state index in [2.05, 4.69) is 5.32 Å². The van der Waals surface area contributed by atoms with E-state index in [1.807, 2.05) is 7.05 Å². The van der Waals surface area contributed by atoms with Gasteiger partial charge < -0.3 is 20.1 Å². The molecular weight excluding hydrogens is 272 g/mol. The average molecular weight is 292 g/mol. The Balaban J connectivity index is 1.87. The number of ether oxygens (including phenoxy) is 1. The number of nitrogens with one attached hydrogen (secondary N) is 1. The summed E-state index contributed by atoms with van der Waals surface area (Å²) in [6.45, 7) is -0.379. The zero-order chi connectivity index (χ0) is 15.2. The molecule has 2 N–H and O–H groups in total. The normalized spacial score (nSPS) is 14.7. The Morgan fingerprint density at radius 1 is 1.29 bits per heavy atom. The largest absolute Gasteiger partial charge is 0.482 e. The fourth-order valence-corrected chi connectivity index (χ4v) is 2.45. The number of anilines is 1. The highest BCUT2D eigenvalue weighted by Gasteiger charge is 2.23. The van der Waals surface area contributed by atoms with E-state index in [-0.39, 0.29) is 12.6 Å². The van der Waals surface area contributed by atoms with Gasteiger partial charge in [-0.15, -0.1) is 0 Å². The highest BCUT2D eigenvalue weighted by molar-refractivity contribution is 5.89. The van der Waals surface area contributed by atoms with Gasteiger partial charge in [0.05, 0.1) is 0 Å². The van der Waals surface area contributed by atoms with E-state index in [1.54, 1.807) is 29.2 Å². The molecule has 114 valence electrons. The second kappa shape index (κ2) is 6.97. The number of rotatable bonds is 5. The maximum atomic E-state index is 12.1. The monoisotopic (exact) mass is 292 g/mol. The van der Waals surface area contributed by atoms with Crippen LogP contribution in [0.5, 0.6) is 5.75 Å². The van der Waals surface area contributed by atoms with E-state index < -0.39 is 5.97 Å². The number of amides is 2. The molecule has 0 bridgehead atoms. The van der Waals surface area contributed by atoms with E-state index in [9.17, 15) is 9.59 Å². The van der Waals surface area contributed by atoms with Crippen molar-refractivity contribution >= 4 is 17.7 Å². The first-order valence-corrected chi connectivity index (χ1v) is 7.05. The Morgan fingerprint density at radius 2 is 1.90 bits per heavy atom. The molecule has 1 aliphatic carbocycles. The van der Waals surface area contributed by atoms with E-state index in [0.29, 0.717) is 17.5 Å². The van der Waals surface area contributed by atoms with Gasteiger partial charge in [0.15, 0.2) is 6.61 Å². The summed E-state index contributed by atoms with van der Waals surface area (Å²) in [7, 11) is 1.82. The zero-order valence-electron chi connectivity index (χ0n) is 12.0. The van der Waals surface area contributed by atoms with Crippen LogP contribution in [0, 0.1) is 0 Å². The summed E-state index contributed by atoms with van der Waals surface area (Å²) in [5.74, 6) is -0.565. The summed E-state index contributed by atoms with van der Waals surface area (Å²) < 4.78 is 5.03. The van der Waals surface area contributed by atoms with E-state index in [1.165, 1.54) is 12.8 Å². The highest BCUT2D eigenvalue weighted by atomic mass is 16.5. The predicted octanol–water partition coefficient (Wildman–Crippen LogP) is 2.56. The molecule has 0 unspecified atom stereocenters. The minimum atomic E-state index is -1.02. The third kappa shape index (κ3) is 4.37. The van der Waals surface area contributed by atoms with Crippen molar-refractivity contribution in [3.8, 4) is 5.75 Å². The third-order valence-corrected chi connectivity index (χ3v) is 3.66. The van der Waals surface area contributed by atoms with Crippen LogP contribution in [0.2, 0.25) is 0 Å². The van der Waals surface area contributed by atoms with Gasteiger partial charge in [0.1, 0.15) is 5.75 Å². The molecule has 2 rings (SSSR count). The molecule has 0 heterocycles. The Kier molecular flexibility index (Phi) is 5.03. The molecule has 1 aromatic rings. The Labute approximate surface area is 123 Å². The minimum absolute atomic E-state index is 0.124. The molecule has 21 heavy (non-hydrogen) atoms. The van der Waals surface area contributed by atoms with Crippen LogP contribution in [0.4, 0.5) is 10.5 Å². The third-order valence-electron chi connectivity index (χ3n) is 3.66. The molecule has 6 nitrogen and oxygen atoms in total. The van der Waals surface area contributed by atoms with Crippen molar-refractivity contribution < 1.29 is 19.4 Å². The van der Waals surface area contributed by atoms with Gasteiger partial charge in [-0.25, -0.2) is 9.59 Å². The van der Waals surface area contributed by atoms with Crippen LogP contribution in [0.15, 0.2) is 24.3 Å². The number of aliphatic carboxylic acids is 1. The number of hydrogen-bond donors (Lipinski definition) is 2. The lowest BCUT2D eigenvalue weighted by atomic mass is 10.2. The molecule has 1 aromatic carbocycles. The number of benzene rings is 1. The summed E-state index contributed by atoms with van der Waals surface area (Å²) in [5.41, 5.74) is 0.660. The summed E-state index contributed by atoms with van der Waals surface area (Å²) in [4.78, 5) is 24.3. The van der Waals surface area contributed by atoms with E-state index >= 15 is 0 Å². The fraction of sp³-hybridized carbons (Fsp3) is 0.467. The summed E-state index contributed by atoms with van der Waals surface area (Å²) >= 11 is 0. The lowest BCUT2D eigenvalue weighted by Crippen LogP contribution is -2.38. The molecule has 0 aromatic heterocycles. The summed E-state index contributed by atoms with van der Waals surface area (Å²) in [6, 6.07) is 6.85. The van der Waals surface area contributed by atoms with Crippen LogP contribution in [-0.4, -0.2) is 41.7 Å². The fourth-order valence-electron chi connectivity index (χ4n) is 2.45. The van der Waals surface area contributed by atoms with Crippen LogP contribution >= 0.6 is 0 Å². The van der Waals surface area contributed by atoms with Crippen LogP contribution in [0.1, 0.15) is 25.7 Å². The quantitative estimate of drug-likeness (QED) is 0.874. The van der Waals surface area contributed by atoms with Gasteiger partial charge in [-0.2, -0.15) is 0 Å². The minimum Gasteiger partial charge on any atom is -0.482 e. The molecule has 0 spiro atoms. The number of carboxylic acid groups (broad SMARTS) is 1. The van der Waals surface area contributed by atoms with Gasteiger partial charge in [-0.05, 0) is 37.1 Å². The smallest absolute Gasteiger partial charge is 0.341 e. The number of carboxylic acids is 1.